The van der Waals surface area contributed by atoms with Crippen LogP contribution < -0.4 is 10.2 Å². The van der Waals surface area contributed by atoms with E-state index in [0.29, 0.717) is 18.9 Å². The Bertz CT molecular complexity index is 1020. The number of amides is 1. The molecule has 1 fully saturated rings. The molecule has 1 N–H and O–H groups in total. The molecule has 8 heteroatoms. The van der Waals surface area contributed by atoms with E-state index in [1.54, 1.807) is 17.2 Å². The summed E-state index contributed by atoms with van der Waals surface area (Å²) in [4.78, 5) is 21.7. The number of aromatic nitrogens is 2. The first-order chi connectivity index (χ1) is 13.4. The summed E-state index contributed by atoms with van der Waals surface area (Å²) in [5.41, 5.74) is 1.67. The van der Waals surface area contributed by atoms with Gasteiger partial charge < -0.3 is 10.2 Å². The van der Waals surface area contributed by atoms with Crippen LogP contribution in [0.2, 0.25) is 0 Å². The second kappa shape index (κ2) is 7.10. The average Bonchev–Trinajstić information content (AvgIpc) is 3.15. The van der Waals surface area contributed by atoms with Crippen molar-refractivity contribution in [2.24, 2.45) is 0 Å². The molecular weight excluding hydrogens is 369 g/mol. The fourth-order valence-corrected chi connectivity index (χ4v) is 3.34. The van der Waals surface area contributed by atoms with Gasteiger partial charge in [0, 0.05) is 30.9 Å². The molecule has 2 heterocycles. The second-order valence-corrected chi connectivity index (χ2v) is 6.71. The second-order valence-electron chi connectivity index (χ2n) is 6.71. The van der Waals surface area contributed by atoms with Crippen molar-refractivity contribution in [1.82, 2.24) is 15.3 Å². The molecule has 3 aromatic rings. The highest BCUT2D eigenvalue weighted by molar-refractivity contribution is 5.86. The van der Waals surface area contributed by atoms with Crippen molar-refractivity contribution in [3.8, 4) is 11.3 Å². The van der Waals surface area contributed by atoms with Crippen molar-refractivity contribution in [3.05, 3.63) is 54.7 Å². The Morgan fingerprint density at radius 1 is 1.11 bits per heavy atom. The fraction of sp³-hybridized carbons (Fsp3) is 0.250. The van der Waals surface area contributed by atoms with Gasteiger partial charge in [-0.3, -0.25) is 4.79 Å². The lowest BCUT2D eigenvalue weighted by molar-refractivity contribution is -0.174. The van der Waals surface area contributed by atoms with Crippen LogP contribution in [0.3, 0.4) is 0 Å². The van der Waals surface area contributed by atoms with E-state index >= 15 is 0 Å². The number of nitrogens with one attached hydrogen (secondary N) is 1. The van der Waals surface area contributed by atoms with Crippen LogP contribution in [0.25, 0.3) is 22.0 Å². The molecule has 1 saturated heterocycles. The van der Waals surface area contributed by atoms with Crippen molar-refractivity contribution in [2.45, 2.75) is 18.6 Å². The standard InChI is InChI=1S/C20H17F3N4O/c21-20(22,23)18(28)25-16-8-10-27(12-16)19-24-9-7-17(26-19)15-6-5-13-3-1-2-4-14(13)11-15/h1-7,9,11,16H,8,10,12H2,(H,25,28)/t16-/m0/s1. The Balaban J connectivity index is 1.52. The van der Waals surface area contributed by atoms with E-state index in [0.717, 1.165) is 22.0 Å². The summed E-state index contributed by atoms with van der Waals surface area (Å²) in [5, 5.41) is 4.25. The minimum Gasteiger partial charge on any atom is -0.344 e. The van der Waals surface area contributed by atoms with Crippen molar-refractivity contribution < 1.29 is 18.0 Å². The first-order valence-corrected chi connectivity index (χ1v) is 8.85. The summed E-state index contributed by atoms with van der Waals surface area (Å²) >= 11 is 0. The third-order valence-corrected chi connectivity index (χ3v) is 4.75. The molecule has 4 rings (SSSR count). The maximum Gasteiger partial charge on any atom is 0.471 e. The number of halogens is 3. The Hall–Kier alpha value is -3.16. The fourth-order valence-electron chi connectivity index (χ4n) is 3.34. The highest BCUT2D eigenvalue weighted by atomic mass is 19.4. The first-order valence-electron chi connectivity index (χ1n) is 8.85. The summed E-state index contributed by atoms with van der Waals surface area (Å²) < 4.78 is 37.3. The number of carbonyl (C=O) groups excluding carboxylic acids is 1. The maximum atomic E-state index is 12.4. The monoisotopic (exact) mass is 386 g/mol. The molecule has 1 amide bonds. The third-order valence-electron chi connectivity index (χ3n) is 4.75. The van der Waals surface area contributed by atoms with Crippen LogP contribution in [0.5, 0.6) is 0 Å². The van der Waals surface area contributed by atoms with Crippen LogP contribution >= 0.6 is 0 Å². The number of nitrogens with zero attached hydrogens (tertiary/aromatic N) is 3. The Kier molecular flexibility index (Phi) is 4.62. The van der Waals surface area contributed by atoms with Crippen LogP contribution in [0.4, 0.5) is 19.1 Å². The van der Waals surface area contributed by atoms with Gasteiger partial charge in [-0.1, -0.05) is 36.4 Å². The predicted octanol–water partition coefficient (Wildman–Crippen LogP) is 3.55. The van der Waals surface area contributed by atoms with E-state index < -0.39 is 18.1 Å². The summed E-state index contributed by atoms with van der Waals surface area (Å²) in [6.07, 6.45) is -2.83. The Labute approximate surface area is 159 Å². The predicted molar refractivity (Wildman–Crippen MR) is 99.8 cm³/mol. The molecular formula is C20H17F3N4O. The minimum absolute atomic E-state index is 0.239. The highest BCUT2D eigenvalue weighted by Crippen LogP contribution is 2.25. The summed E-state index contributed by atoms with van der Waals surface area (Å²) in [7, 11) is 0. The SMILES string of the molecule is O=C(N[C@H]1CCN(c2nccc(-c3ccc4ccccc4c3)n2)C1)C(F)(F)F. The van der Waals surface area contributed by atoms with Crippen LogP contribution in [0.1, 0.15) is 6.42 Å². The van der Waals surface area contributed by atoms with Crippen molar-refractivity contribution >= 4 is 22.6 Å². The topological polar surface area (TPSA) is 58.1 Å². The number of hydrogen-bond acceptors (Lipinski definition) is 4. The number of hydrogen-bond donors (Lipinski definition) is 1. The lowest BCUT2D eigenvalue weighted by Gasteiger charge is -2.18. The zero-order valence-electron chi connectivity index (χ0n) is 14.8. The van der Waals surface area contributed by atoms with Gasteiger partial charge in [0.1, 0.15) is 0 Å². The van der Waals surface area contributed by atoms with Crippen LogP contribution in [-0.4, -0.2) is 41.2 Å². The molecule has 1 aliphatic rings. The molecule has 0 radical (unpaired) electrons. The smallest absolute Gasteiger partial charge is 0.344 e. The van der Waals surface area contributed by atoms with Gasteiger partial charge in [-0.15, -0.1) is 0 Å². The van der Waals surface area contributed by atoms with Crippen molar-refractivity contribution in [3.63, 3.8) is 0 Å². The zero-order valence-corrected chi connectivity index (χ0v) is 14.8. The Morgan fingerprint density at radius 2 is 1.89 bits per heavy atom. The van der Waals surface area contributed by atoms with E-state index in [1.807, 2.05) is 47.8 Å². The summed E-state index contributed by atoms with van der Waals surface area (Å²) in [6.45, 7) is 0.715. The van der Waals surface area contributed by atoms with Gasteiger partial charge in [-0.2, -0.15) is 13.2 Å². The van der Waals surface area contributed by atoms with E-state index in [4.69, 9.17) is 0 Å². The maximum absolute atomic E-state index is 12.4. The zero-order chi connectivity index (χ0) is 19.7. The van der Waals surface area contributed by atoms with Gasteiger partial charge in [0.2, 0.25) is 5.95 Å². The number of alkyl halides is 3. The number of carbonyl (C=O) groups is 1. The van der Waals surface area contributed by atoms with E-state index in [1.165, 1.54) is 0 Å². The van der Waals surface area contributed by atoms with Crippen LogP contribution in [-0.2, 0) is 4.79 Å². The third kappa shape index (κ3) is 3.76. The largest absolute Gasteiger partial charge is 0.471 e. The molecule has 0 bridgehead atoms. The molecule has 1 aromatic heterocycles. The molecule has 0 unspecified atom stereocenters. The number of anilines is 1. The lowest BCUT2D eigenvalue weighted by Crippen LogP contribution is -2.44. The van der Waals surface area contributed by atoms with Crippen LogP contribution in [0.15, 0.2) is 54.7 Å². The van der Waals surface area contributed by atoms with Gasteiger partial charge in [0.05, 0.1) is 5.69 Å². The quantitative estimate of drug-likeness (QED) is 0.748. The number of fused-ring (bicyclic) bond motifs is 1. The molecule has 0 aliphatic carbocycles. The lowest BCUT2D eigenvalue weighted by atomic mass is 10.1. The van der Waals surface area contributed by atoms with Gasteiger partial charge in [-0.25, -0.2) is 9.97 Å². The number of rotatable bonds is 3. The van der Waals surface area contributed by atoms with E-state index in [-0.39, 0.29) is 6.54 Å². The minimum atomic E-state index is -4.88. The molecule has 2 aromatic carbocycles. The molecule has 28 heavy (non-hydrogen) atoms. The molecule has 1 aliphatic heterocycles. The molecule has 0 spiro atoms. The van der Waals surface area contributed by atoms with E-state index in [2.05, 4.69) is 9.97 Å². The van der Waals surface area contributed by atoms with Crippen molar-refractivity contribution in [2.75, 3.05) is 18.0 Å². The van der Waals surface area contributed by atoms with Gasteiger partial charge >= 0.3 is 12.1 Å². The summed E-state index contributed by atoms with van der Waals surface area (Å²) in [6, 6.07) is 15.3. The molecule has 144 valence electrons. The average molecular weight is 386 g/mol. The van der Waals surface area contributed by atoms with Crippen molar-refractivity contribution in [1.29, 1.82) is 0 Å². The molecule has 0 saturated carbocycles. The highest BCUT2D eigenvalue weighted by Gasteiger charge is 2.40. The van der Waals surface area contributed by atoms with E-state index in [9.17, 15) is 18.0 Å². The normalized spacial score (nSPS) is 17.1. The molecule has 5 nitrogen and oxygen atoms in total. The number of benzene rings is 2. The first kappa shape index (κ1) is 18.2. The van der Waals surface area contributed by atoms with Crippen LogP contribution in [0, 0.1) is 0 Å². The van der Waals surface area contributed by atoms with Gasteiger partial charge in [0.25, 0.3) is 0 Å². The molecule has 1 atom stereocenters. The van der Waals surface area contributed by atoms with Gasteiger partial charge in [-0.05, 0) is 29.3 Å². The van der Waals surface area contributed by atoms with Gasteiger partial charge in [0.15, 0.2) is 0 Å². The Morgan fingerprint density at radius 3 is 2.68 bits per heavy atom. The summed E-state index contributed by atoms with van der Waals surface area (Å²) in [5.74, 6) is -1.47.